The number of rotatable bonds is 4. The van der Waals surface area contributed by atoms with Gasteiger partial charge in [0, 0.05) is 0 Å². The normalized spacial score (nSPS) is 15.6. The maximum absolute atomic E-state index is 14.1. The minimum absolute atomic E-state index is 0.0321. The zero-order valence-electron chi connectivity index (χ0n) is 26.3. The van der Waals surface area contributed by atoms with E-state index in [0.717, 1.165) is 15.2 Å². The van der Waals surface area contributed by atoms with Crippen molar-refractivity contribution in [3.8, 4) is 11.1 Å². The first-order valence-electron chi connectivity index (χ1n) is 15.4. The molecule has 44 heavy (non-hydrogen) atoms. The van der Waals surface area contributed by atoms with Crippen LogP contribution in [0.1, 0.15) is 90.5 Å². The zero-order valence-corrected chi connectivity index (χ0v) is 28.8. The maximum atomic E-state index is 14.1. The Morgan fingerprint density at radius 3 is 1.70 bits per heavy atom. The molecule has 0 saturated carbocycles. The average molecular weight is 668 g/mol. The molecular weight excluding hydrogens is 629 g/mol. The van der Waals surface area contributed by atoms with Crippen molar-refractivity contribution in [3.63, 3.8) is 0 Å². The molecule has 0 amide bonds. The van der Waals surface area contributed by atoms with Gasteiger partial charge in [-0.05, 0) is 0 Å². The molecule has 0 fully saturated rings. The molecule has 0 aliphatic heterocycles. The van der Waals surface area contributed by atoms with Crippen LogP contribution in [0.4, 0.5) is 13.2 Å². The second kappa shape index (κ2) is 11.4. The Morgan fingerprint density at radius 2 is 1.20 bits per heavy atom. The third-order valence-electron chi connectivity index (χ3n) is 8.96. The van der Waals surface area contributed by atoms with Crippen LogP contribution < -0.4 is 0 Å². The molecule has 224 valence electrons. The molecule has 4 aromatic carbocycles. The molecule has 0 aromatic heterocycles. The molecule has 4 aromatic rings. The minimum atomic E-state index is -4.41. The van der Waals surface area contributed by atoms with Crippen LogP contribution in [0.25, 0.3) is 11.1 Å². The van der Waals surface area contributed by atoms with Gasteiger partial charge >= 0.3 is 269 Å². The van der Waals surface area contributed by atoms with Crippen LogP contribution in [0.2, 0.25) is 0 Å². The number of allylic oxidation sites excluding steroid dienone is 4. The quantitative estimate of drug-likeness (QED) is 0.203. The first-order valence-corrected chi connectivity index (χ1v) is 19.2. The monoisotopic (exact) mass is 666 g/mol. The van der Waals surface area contributed by atoms with E-state index in [4.69, 9.17) is 0 Å². The van der Waals surface area contributed by atoms with Gasteiger partial charge in [-0.15, -0.1) is 0 Å². The summed E-state index contributed by atoms with van der Waals surface area (Å²) in [5.74, 6) is 0. The Hall–Kier alpha value is -3.10. The third kappa shape index (κ3) is 5.83. The van der Waals surface area contributed by atoms with Crippen LogP contribution in [-0.2, 0) is 38.3 Å². The molecule has 0 saturated heterocycles. The second-order valence-electron chi connectivity index (χ2n) is 14.1. The van der Waals surface area contributed by atoms with Gasteiger partial charge in [0.05, 0.1) is 0 Å². The molecule has 0 radical (unpaired) electrons. The Kier molecular flexibility index (Phi) is 7.98. The molecule has 0 N–H and O–H groups in total. The van der Waals surface area contributed by atoms with Gasteiger partial charge in [0.1, 0.15) is 0 Å². The van der Waals surface area contributed by atoms with Crippen molar-refractivity contribution in [1.29, 1.82) is 0 Å². The van der Waals surface area contributed by atoms with Gasteiger partial charge in [0.25, 0.3) is 0 Å². The summed E-state index contributed by atoms with van der Waals surface area (Å²) in [7, 11) is 0. The van der Waals surface area contributed by atoms with Gasteiger partial charge in [-0.3, -0.25) is 0 Å². The van der Waals surface area contributed by atoms with Crippen molar-refractivity contribution in [2.24, 2.45) is 0 Å². The van der Waals surface area contributed by atoms with E-state index in [1.165, 1.54) is 48.8 Å². The van der Waals surface area contributed by atoms with E-state index in [1.54, 1.807) is 6.07 Å². The van der Waals surface area contributed by atoms with Gasteiger partial charge in [0.2, 0.25) is 0 Å². The summed E-state index contributed by atoms with van der Waals surface area (Å²) in [6.07, 6.45) is 3.05. The fourth-order valence-electron chi connectivity index (χ4n) is 6.58. The van der Waals surface area contributed by atoms with Crippen LogP contribution in [0.3, 0.4) is 0 Å². The van der Waals surface area contributed by atoms with Crippen molar-refractivity contribution in [2.75, 3.05) is 0 Å². The fourth-order valence-corrected chi connectivity index (χ4v) is 15.5. The van der Waals surface area contributed by atoms with Crippen molar-refractivity contribution in [3.05, 3.63) is 151 Å². The molecule has 0 nitrogen and oxygen atoms in total. The number of alkyl halides is 3. The van der Waals surface area contributed by atoms with Gasteiger partial charge in [-0.25, -0.2) is 0 Å². The average Bonchev–Trinajstić information content (AvgIpc) is 3.61. The molecule has 0 atom stereocenters. The summed E-state index contributed by atoms with van der Waals surface area (Å²) in [4.78, 5) is 0. The number of hydrogen-bond acceptors (Lipinski definition) is 0. The van der Waals surface area contributed by atoms with Crippen LogP contribution in [-0.4, -0.2) is 3.21 Å². The summed E-state index contributed by atoms with van der Waals surface area (Å²) in [6.45, 7) is 13.5. The van der Waals surface area contributed by atoms with E-state index < -0.39 is 33.0 Å². The SMILES string of the molecule is CC(C)(C)c1ccc2c(c1)[CH]([Zr]([C]1=CC=CC1)=[C](c1ccccc1)c1cccc(C(F)(F)F)c1)c1cc(C(C)(C)C)ccc1-2. The summed E-state index contributed by atoms with van der Waals surface area (Å²) in [5, 5.41) is 0. The van der Waals surface area contributed by atoms with E-state index in [2.05, 4.69) is 108 Å². The first kappa shape index (κ1) is 30.9. The molecule has 0 spiro atoms. The van der Waals surface area contributed by atoms with Gasteiger partial charge in [-0.2, -0.15) is 0 Å². The van der Waals surface area contributed by atoms with E-state index in [0.29, 0.717) is 5.56 Å². The first-order chi connectivity index (χ1) is 20.7. The Balaban J connectivity index is 1.75. The van der Waals surface area contributed by atoms with Crippen LogP contribution in [0.15, 0.2) is 113 Å². The fraction of sp³-hybridized carbons (Fsp3) is 0.275. The predicted octanol–water partition coefficient (Wildman–Crippen LogP) is 11.1. The standard InChI is InChI=1S/C21H25.C14H9F3.C5H5.Zr/c1-20(2,3)16-7-9-18-14(12-16)11-15-13-17(21(4,5)6)8-10-19(15)18;15-14(16,17)13-8-4-7-12(10-13)9-11-5-2-1-3-6-11;1-2-4-5-3-1;/h7-13H,1-6H3;1-8,10H;1-3H,4H2;. The molecule has 0 bridgehead atoms. The molecular formula is C40H39F3Zr. The molecule has 0 unspecified atom stereocenters. The topological polar surface area (TPSA) is 0 Å². The van der Waals surface area contributed by atoms with Crippen LogP contribution in [0, 0.1) is 0 Å². The number of benzene rings is 4. The number of halogens is 3. The molecule has 6 rings (SSSR count). The van der Waals surface area contributed by atoms with Crippen LogP contribution >= 0.6 is 0 Å². The van der Waals surface area contributed by atoms with Crippen LogP contribution in [0.5, 0.6) is 0 Å². The van der Waals surface area contributed by atoms with E-state index in [-0.39, 0.29) is 14.5 Å². The van der Waals surface area contributed by atoms with E-state index in [1.807, 2.05) is 24.3 Å². The van der Waals surface area contributed by atoms with Gasteiger partial charge < -0.3 is 0 Å². The summed E-state index contributed by atoms with van der Waals surface area (Å²) in [5.41, 5.74) is 8.83. The van der Waals surface area contributed by atoms with Crippen molar-refractivity contribution in [2.45, 2.75) is 68.6 Å². The number of fused-ring (bicyclic) bond motifs is 3. The van der Waals surface area contributed by atoms with Gasteiger partial charge in [-0.1, -0.05) is 0 Å². The summed E-state index contributed by atoms with van der Waals surface area (Å²) < 4.78 is 45.1. The molecule has 2 aliphatic rings. The van der Waals surface area contributed by atoms with Crippen molar-refractivity contribution in [1.82, 2.24) is 0 Å². The van der Waals surface area contributed by atoms with Gasteiger partial charge in [0.15, 0.2) is 0 Å². The third-order valence-corrected chi connectivity index (χ3v) is 17.3. The summed E-state index contributed by atoms with van der Waals surface area (Å²) in [6, 6.07) is 30.2. The Labute approximate surface area is 267 Å². The number of hydrogen-bond donors (Lipinski definition) is 0. The molecule has 2 aliphatic carbocycles. The predicted molar refractivity (Wildman–Crippen MR) is 174 cm³/mol. The molecule has 4 heteroatoms. The van der Waals surface area contributed by atoms with E-state index in [9.17, 15) is 13.2 Å². The van der Waals surface area contributed by atoms with Crippen molar-refractivity contribution >= 4 is 3.21 Å². The second-order valence-corrected chi connectivity index (χ2v) is 20.4. The Morgan fingerprint density at radius 1 is 0.636 bits per heavy atom. The van der Waals surface area contributed by atoms with E-state index >= 15 is 0 Å². The zero-order chi connectivity index (χ0) is 31.4. The molecule has 0 heterocycles. The summed E-state index contributed by atoms with van der Waals surface area (Å²) >= 11 is -3.12. The Bertz CT molecular complexity index is 1760. The van der Waals surface area contributed by atoms with Crippen molar-refractivity contribution < 1.29 is 34.4 Å².